The smallest absolute Gasteiger partial charge is 0.136 e. The minimum absolute atomic E-state index is 0. The maximum atomic E-state index is 5.76. The number of halogens is 2. The van der Waals surface area contributed by atoms with Gasteiger partial charge in [0, 0.05) is 6.04 Å². The Bertz CT molecular complexity index is 306. The lowest BCUT2D eigenvalue weighted by Gasteiger charge is -2.22. The van der Waals surface area contributed by atoms with Gasteiger partial charge in [0.1, 0.15) is 12.4 Å². The maximum Gasteiger partial charge on any atom is 0.136 e. The van der Waals surface area contributed by atoms with Gasteiger partial charge in [0.2, 0.25) is 0 Å². The molecule has 0 aromatic heterocycles. The number of benzene rings is 1. The second-order valence-corrected chi connectivity index (χ2v) is 3.86. The van der Waals surface area contributed by atoms with Crippen LogP contribution in [0.4, 0.5) is 0 Å². The Morgan fingerprint density at radius 1 is 1.46 bits per heavy atom. The molecule has 0 aliphatic carbocycles. The molecule has 13 heavy (non-hydrogen) atoms. The van der Waals surface area contributed by atoms with Gasteiger partial charge in [0.05, 0.1) is 4.47 Å². The van der Waals surface area contributed by atoms with Crippen molar-refractivity contribution in [2.45, 2.75) is 12.5 Å². The quantitative estimate of drug-likeness (QED) is 0.779. The molecule has 0 saturated heterocycles. The summed E-state index contributed by atoms with van der Waals surface area (Å²) >= 11 is 3.44. The highest BCUT2D eigenvalue weighted by Gasteiger charge is 2.17. The zero-order valence-electron chi connectivity index (χ0n) is 7.00. The van der Waals surface area contributed by atoms with E-state index in [2.05, 4.69) is 22.0 Å². The Morgan fingerprint density at radius 3 is 3.00 bits per heavy atom. The number of hydrogen-bond acceptors (Lipinski definition) is 2. The first kappa shape index (κ1) is 10.8. The molecule has 0 radical (unpaired) electrons. The fourth-order valence-electron chi connectivity index (χ4n) is 1.41. The van der Waals surface area contributed by atoms with Gasteiger partial charge in [-0.25, -0.2) is 0 Å². The van der Waals surface area contributed by atoms with Gasteiger partial charge in [-0.2, -0.15) is 0 Å². The lowest BCUT2D eigenvalue weighted by atomic mass is 10.0. The minimum Gasteiger partial charge on any atom is -0.490 e. The Morgan fingerprint density at radius 2 is 2.23 bits per heavy atom. The topological polar surface area (TPSA) is 35.2 Å². The molecule has 0 bridgehead atoms. The van der Waals surface area contributed by atoms with E-state index in [1.807, 2.05) is 12.1 Å². The van der Waals surface area contributed by atoms with Crippen molar-refractivity contribution in [1.82, 2.24) is 0 Å². The van der Waals surface area contributed by atoms with Crippen LogP contribution in [0.15, 0.2) is 22.7 Å². The third-order valence-electron chi connectivity index (χ3n) is 1.97. The van der Waals surface area contributed by atoms with E-state index in [0.717, 1.165) is 16.6 Å². The Kier molecular flexibility index (Phi) is 3.59. The van der Waals surface area contributed by atoms with E-state index < -0.39 is 0 Å². The van der Waals surface area contributed by atoms with Crippen LogP contribution in [0.3, 0.4) is 0 Å². The average molecular weight is 265 g/mol. The number of rotatable bonds is 0. The molecule has 4 heteroatoms. The summed E-state index contributed by atoms with van der Waals surface area (Å²) in [6.45, 7) is 0.621. The van der Waals surface area contributed by atoms with Crippen LogP contribution in [-0.2, 0) is 6.42 Å². The molecule has 1 aliphatic rings. The van der Waals surface area contributed by atoms with Gasteiger partial charge in [-0.15, -0.1) is 12.4 Å². The van der Waals surface area contributed by atoms with Crippen LogP contribution in [-0.4, -0.2) is 12.6 Å². The molecular formula is C9H11BrClNO. The summed E-state index contributed by atoms with van der Waals surface area (Å²) in [4.78, 5) is 0. The standard InChI is InChI=1S/C9H10BrNO.ClH/c10-8-3-1-2-6-4-7(11)5-12-9(6)8;/h1-3,7H,4-5,11H2;1H. The lowest BCUT2D eigenvalue weighted by Crippen LogP contribution is -2.33. The summed E-state index contributed by atoms with van der Waals surface area (Å²) in [6, 6.07) is 6.19. The lowest BCUT2D eigenvalue weighted by molar-refractivity contribution is 0.262. The number of hydrogen-bond donors (Lipinski definition) is 1. The van der Waals surface area contributed by atoms with E-state index in [1.54, 1.807) is 0 Å². The maximum absolute atomic E-state index is 5.76. The van der Waals surface area contributed by atoms with Crippen LogP contribution in [0.5, 0.6) is 5.75 Å². The molecule has 1 aromatic carbocycles. The van der Waals surface area contributed by atoms with Crippen LogP contribution < -0.4 is 10.5 Å². The van der Waals surface area contributed by atoms with Gasteiger partial charge in [0.25, 0.3) is 0 Å². The van der Waals surface area contributed by atoms with Crippen LogP contribution >= 0.6 is 28.3 Å². The van der Waals surface area contributed by atoms with Crippen LogP contribution in [0.2, 0.25) is 0 Å². The van der Waals surface area contributed by atoms with Crippen molar-refractivity contribution in [3.8, 4) is 5.75 Å². The average Bonchev–Trinajstić information content (AvgIpc) is 2.04. The normalized spacial score (nSPS) is 19.7. The number of para-hydroxylation sites is 1. The van der Waals surface area contributed by atoms with Crippen molar-refractivity contribution in [1.29, 1.82) is 0 Å². The molecule has 2 nitrogen and oxygen atoms in total. The molecule has 1 aliphatic heterocycles. The summed E-state index contributed by atoms with van der Waals surface area (Å²) < 4.78 is 6.51. The van der Waals surface area contributed by atoms with Gasteiger partial charge >= 0.3 is 0 Å². The third kappa shape index (κ3) is 2.16. The van der Waals surface area contributed by atoms with Gasteiger partial charge in [-0.3, -0.25) is 0 Å². The van der Waals surface area contributed by atoms with E-state index in [1.165, 1.54) is 5.56 Å². The second-order valence-electron chi connectivity index (χ2n) is 3.00. The van der Waals surface area contributed by atoms with E-state index in [0.29, 0.717) is 6.61 Å². The molecule has 1 aromatic rings. The molecule has 0 fully saturated rings. The van der Waals surface area contributed by atoms with Gasteiger partial charge < -0.3 is 10.5 Å². The molecule has 72 valence electrons. The van der Waals surface area contributed by atoms with Crippen LogP contribution in [0.1, 0.15) is 5.56 Å². The fourth-order valence-corrected chi connectivity index (χ4v) is 1.93. The van der Waals surface area contributed by atoms with Crippen molar-refractivity contribution < 1.29 is 4.74 Å². The van der Waals surface area contributed by atoms with E-state index in [-0.39, 0.29) is 18.4 Å². The summed E-state index contributed by atoms with van der Waals surface area (Å²) in [5.41, 5.74) is 6.96. The highest BCUT2D eigenvalue weighted by molar-refractivity contribution is 9.10. The molecule has 1 heterocycles. The van der Waals surface area contributed by atoms with E-state index >= 15 is 0 Å². The molecule has 2 N–H and O–H groups in total. The van der Waals surface area contributed by atoms with Crippen LogP contribution in [0.25, 0.3) is 0 Å². The minimum atomic E-state index is 0. The van der Waals surface area contributed by atoms with Crippen molar-refractivity contribution in [3.05, 3.63) is 28.2 Å². The van der Waals surface area contributed by atoms with Crippen molar-refractivity contribution >= 4 is 28.3 Å². The Hall–Kier alpha value is -0.250. The first-order valence-corrected chi connectivity index (χ1v) is 4.72. The van der Waals surface area contributed by atoms with Crippen molar-refractivity contribution in [2.75, 3.05) is 6.61 Å². The number of nitrogens with two attached hydrogens (primary N) is 1. The van der Waals surface area contributed by atoms with Gasteiger partial charge in [-0.1, -0.05) is 12.1 Å². The van der Waals surface area contributed by atoms with E-state index in [9.17, 15) is 0 Å². The molecule has 2 rings (SSSR count). The molecule has 0 saturated carbocycles. The summed E-state index contributed by atoms with van der Waals surface area (Å²) in [7, 11) is 0. The molecule has 1 unspecified atom stereocenters. The van der Waals surface area contributed by atoms with Crippen molar-refractivity contribution in [3.63, 3.8) is 0 Å². The molecule has 1 atom stereocenters. The monoisotopic (exact) mass is 263 g/mol. The Balaban J connectivity index is 0.000000845. The second kappa shape index (κ2) is 4.31. The highest BCUT2D eigenvalue weighted by Crippen LogP contribution is 2.32. The first-order valence-electron chi connectivity index (χ1n) is 3.93. The van der Waals surface area contributed by atoms with E-state index in [4.69, 9.17) is 10.5 Å². The summed E-state index contributed by atoms with van der Waals surface area (Å²) in [5, 5.41) is 0. The summed E-state index contributed by atoms with van der Waals surface area (Å²) in [5.74, 6) is 0.958. The van der Waals surface area contributed by atoms with Crippen molar-refractivity contribution in [2.24, 2.45) is 5.73 Å². The summed E-state index contributed by atoms with van der Waals surface area (Å²) in [6.07, 6.45) is 0.911. The predicted molar refractivity (Wildman–Crippen MR) is 58.6 cm³/mol. The first-order chi connectivity index (χ1) is 5.77. The molecule has 0 amide bonds. The van der Waals surface area contributed by atoms with Gasteiger partial charge in [-0.05, 0) is 34.0 Å². The number of fused-ring (bicyclic) bond motifs is 1. The largest absolute Gasteiger partial charge is 0.490 e. The SMILES string of the molecule is Cl.NC1COc2c(Br)cccc2C1. The Labute approximate surface area is 92.0 Å². The zero-order valence-corrected chi connectivity index (χ0v) is 9.40. The fraction of sp³-hybridized carbons (Fsp3) is 0.333. The highest BCUT2D eigenvalue weighted by atomic mass is 79.9. The van der Waals surface area contributed by atoms with Crippen LogP contribution in [0, 0.1) is 0 Å². The predicted octanol–water partition coefficient (Wildman–Crippen LogP) is 2.13. The zero-order chi connectivity index (χ0) is 8.55. The molecule has 0 spiro atoms. The third-order valence-corrected chi connectivity index (χ3v) is 2.60. The molecular weight excluding hydrogens is 253 g/mol. The number of ether oxygens (including phenoxy) is 1. The van der Waals surface area contributed by atoms with Gasteiger partial charge in [0.15, 0.2) is 0 Å².